The van der Waals surface area contributed by atoms with Gasteiger partial charge in [0.1, 0.15) is 29.9 Å². The van der Waals surface area contributed by atoms with Crippen LogP contribution in [0.2, 0.25) is 0 Å². The molecule has 15 heteroatoms. The van der Waals surface area contributed by atoms with E-state index >= 15 is 19.2 Å². The number of esters is 3. The van der Waals surface area contributed by atoms with Crippen molar-refractivity contribution in [3.05, 3.63) is 179 Å². The van der Waals surface area contributed by atoms with Crippen molar-refractivity contribution in [2.24, 2.45) is 11.8 Å². The van der Waals surface area contributed by atoms with Crippen molar-refractivity contribution in [1.82, 2.24) is 15.5 Å². The van der Waals surface area contributed by atoms with Crippen LogP contribution in [-0.2, 0) is 43.6 Å². The van der Waals surface area contributed by atoms with Crippen molar-refractivity contribution >= 4 is 41.4 Å². The van der Waals surface area contributed by atoms with Gasteiger partial charge in [-0.25, -0.2) is 9.69 Å². The van der Waals surface area contributed by atoms with Crippen molar-refractivity contribution in [2.45, 2.75) is 49.0 Å². The highest BCUT2D eigenvalue weighted by atomic mass is 16.6. The summed E-state index contributed by atoms with van der Waals surface area (Å²) in [7, 11) is 2.29. The molecule has 7 unspecified atom stereocenters. The number of amides is 4. The van der Waals surface area contributed by atoms with Crippen LogP contribution in [0.25, 0.3) is 0 Å². The number of urea groups is 1. The third-order valence-corrected chi connectivity index (χ3v) is 13.1. The number of cyclic esters (lactones) is 1. The lowest BCUT2D eigenvalue weighted by Gasteiger charge is -2.46. The van der Waals surface area contributed by atoms with Gasteiger partial charge < -0.3 is 34.7 Å². The first-order valence-corrected chi connectivity index (χ1v) is 22.8. The molecule has 70 heavy (non-hydrogen) atoms. The maximum Gasteiger partial charge on any atom is 0.329 e. The van der Waals surface area contributed by atoms with Gasteiger partial charge in [-0.1, -0.05) is 127 Å². The lowest BCUT2D eigenvalue weighted by molar-refractivity contribution is -0.178. The van der Waals surface area contributed by atoms with Crippen molar-refractivity contribution in [3.63, 3.8) is 0 Å². The van der Waals surface area contributed by atoms with E-state index in [-0.39, 0.29) is 48.7 Å². The SMILES string of the molecule is C=CCNC(=O)C1C2C(=O)OC(c3ccccc3)C(c3ccccc3)N2C(c2ccccc2OCCO)C12C(=O)N(C(=O)NC(C)c1ccccc1)c1ccc(C#CCC(C(=O)OC)C(=O)OC)cc12. The summed E-state index contributed by atoms with van der Waals surface area (Å²) in [5.74, 6) is -0.834. The van der Waals surface area contributed by atoms with Crippen molar-refractivity contribution in [1.29, 1.82) is 0 Å². The second-order valence-electron chi connectivity index (χ2n) is 17.0. The van der Waals surface area contributed by atoms with E-state index in [4.69, 9.17) is 18.9 Å². The van der Waals surface area contributed by atoms with Gasteiger partial charge in [0.15, 0.2) is 5.92 Å². The van der Waals surface area contributed by atoms with Gasteiger partial charge in [0, 0.05) is 24.1 Å². The third kappa shape index (κ3) is 8.79. The summed E-state index contributed by atoms with van der Waals surface area (Å²) in [5, 5.41) is 16.0. The number of rotatable bonds is 14. The second-order valence-corrected chi connectivity index (χ2v) is 17.0. The van der Waals surface area contributed by atoms with Crippen molar-refractivity contribution in [2.75, 3.05) is 38.9 Å². The molecular weight excluding hydrogens is 893 g/mol. The van der Waals surface area contributed by atoms with Crippen molar-refractivity contribution < 1.29 is 52.8 Å². The Kier molecular flexibility index (Phi) is 14.6. The highest BCUT2D eigenvalue weighted by molar-refractivity contribution is 6.24. The summed E-state index contributed by atoms with van der Waals surface area (Å²) in [6.45, 7) is 5.04. The Labute approximate surface area is 405 Å². The Balaban J connectivity index is 1.45. The summed E-state index contributed by atoms with van der Waals surface area (Å²) in [6.07, 6.45) is 0.200. The zero-order valence-electron chi connectivity index (χ0n) is 38.8. The van der Waals surface area contributed by atoms with Gasteiger partial charge in [-0.05, 0) is 53.4 Å². The number of nitrogens with zero attached hydrogens (tertiary/aromatic N) is 2. The number of ether oxygens (including phenoxy) is 4. The molecule has 15 nitrogen and oxygen atoms in total. The molecule has 358 valence electrons. The predicted molar refractivity (Wildman–Crippen MR) is 257 cm³/mol. The van der Waals surface area contributed by atoms with Crippen LogP contribution in [0.5, 0.6) is 5.75 Å². The number of anilines is 1. The minimum absolute atomic E-state index is 0.0459. The molecule has 1 spiro atoms. The summed E-state index contributed by atoms with van der Waals surface area (Å²) in [5.41, 5.74) is 0.872. The maximum absolute atomic E-state index is 16.6. The molecule has 3 heterocycles. The molecule has 5 aromatic carbocycles. The number of imide groups is 1. The molecular formula is C55H52N4O11. The Morgan fingerprint density at radius 1 is 0.843 bits per heavy atom. The molecule has 3 aliphatic rings. The summed E-state index contributed by atoms with van der Waals surface area (Å²) in [4.78, 5) is 90.6. The van der Waals surface area contributed by atoms with Gasteiger partial charge in [0.25, 0.3) is 0 Å². The van der Waals surface area contributed by atoms with Crippen LogP contribution in [0.3, 0.4) is 0 Å². The summed E-state index contributed by atoms with van der Waals surface area (Å²) >= 11 is 0. The average molecular weight is 945 g/mol. The molecule has 0 radical (unpaired) electrons. The average Bonchev–Trinajstić information content (AvgIpc) is 3.85. The molecule has 3 aliphatic heterocycles. The largest absolute Gasteiger partial charge is 0.491 e. The number of carbonyl (C=O) groups is 6. The summed E-state index contributed by atoms with van der Waals surface area (Å²) < 4.78 is 22.5. The number of nitrogens with one attached hydrogen (secondary N) is 2. The quantitative estimate of drug-likeness (QED) is 0.0377. The normalized spacial score (nSPS) is 21.6. The minimum Gasteiger partial charge on any atom is -0.491 e. The van der Waals surface area contributed by atoms with E-state index in [0.29, 0.717) is 16.7 Å². The fraction of sp³-hybridized carbons (Fsp3) is 0.273. The fourth-order valence-electron chi connectivity index (χ4n) is 10.1. The number of para-hydroxylation sites is 1. The number of hydrogen-bond donors (Lipinski definition) is 3. The minimum atomic E-state index is -2.16. The molecule has 8 rings (SSSR count). The fourth-order valence-corrected chi connectivity index (χ4v) is 10.1. The molecule has 2 fully saturated rings. The lowest BCUT2D eigenvalue weighted by atomic mass is 9.65. The maximum atomic E-state index is 16.6. The van der Waals surface area contributed by atoms with Gasteiger partial charge >= 0.3 is 23.9 Å². The predicted octanol–water partition coefficient (Wildman–Crippen LogP) is 6.20. The van der Waals surface area contributed by atoms with E-state index in [0.717, 1.165) is 24.7 Å². The zero-order chi connectivity index (χ0) is 49.5. The van der Waals surface area contributed by atoms with Gasteiger partial charge in [-0.2, -0.15) is 0 Å². The van der Waals surface area contributed by atoms with Crippen LogP contribution in [0, 0.1) is 23.7 Å². The number of aliphatic hydroxyl groups is 1. The van der Waals surface area contributed by atoms with E-state index in [9.17, 15) is 14.7 Å². The molecule has 2 saturated heterocycles. The molecule has 0 aliphatic carbocycles. The molecule has 0 aromatic heterocycles. The van der Waals surface area contributed by atoms with Crippen LogP contribution in [0.4, 0.5) is 10.5 Å². The van der Waals surface area contributed by atoms with Gasteiger partial charge in [0.05, 0.1) is 50.6 Å². The smallest absolute Gasteiger partial charge is 0.329 e. The van der Waals surface area contributed by atoms with E-state index < -0.39 is 83.3 Å². The van der Waals surface area contributed by atoms with E-state index in [1.807, 2.05) is 95.9 Å². The van der Waals surface area contributed by atoms with Gasteiger partial charge in [-0.15, -0.1) is 6.58 Å². The van der Waals surface area contributed by atoms with Crippen LogP contribution in [0.1, 0.15) is 71.0 Å². The Hall–Kier alpha value is -8.06. The zero-order valence-corrected chi connectivity index (χ0v) is 38.8. The Bertz CT molecular complexity index is 2830. The first-order chi connectivity index (χ1) is 34.0. The molecule has 0 saturated carbocycles. The topological polar surface area (TPSA) is 190 Å². The van der Waals surface area contributed by atoms with E-state index in [1.54, 1.807) is 49.4 Å². The van der Waals surface area contributed by atoms with Crippen LogP contribution < -0.4 is 20.3 Å². The molecule has 3 N–H and O–H groups in total. The Morgan fingerprint density at radius 3 is 2.11 bits per heavy atom. The lowest BCUT2D eigenvalue weighted by Crippen LogP contribution is -2.56. The van der Waals surface area contributed by atoms with Crippen molar-refractivity contribution in [3.8, 4) is 17.6 Å². The molecule has 5 aromatic rings. The first kappa shape index (κ1) is 48.4. The summed E-state index contributed by atoms with van der Waals surface area (Å²) in [6, 6.07) is 34.3. The van der Waals surface area contributed by atoms with Gasteiger partial charge in [-0.3, -0.25) is 28.9 Å². The molecule has 7 atom stereocenters. The number of fused-ring (bicyclic) bond motifs is 3. The van der Waals surface area contributed by atoms with Crippen LogP contribution in [-0.4, -0.2) is 85.8 Å². The van der Waals surface area contributed by atoms with E-state index in [1.165, 1.54) is 6.08 Å². The first-order valence-electron chi connectivity index (χ1n) is 22.8. The molecule has 4 amide bonds. The van der Waals surface area contributed by atoms with Gasteiger partial charge in [0.2, 0.25) is 11.8 Å². The monoisotopic (exact) mass is 944 g/mol. The number of methoxy groups -OCH3 is 2. The van der Waals surface area contributed by atoms with Crippen LogP contribution >= 0.6 is 0 Å². The van der Waals surface area contributed by atoms with E-state index in [2.05, 4.69) is 29.1 Å². The third-order valence-electron chi connectivity index (χ3n) is 13.1. The Morgan fingerprint density at radius 2 is 1.47 bits per heavy atom. The number of morpholine rings is 1. The number of hydrogen-bond acceptors (Lipinski definition) is 12. The number of aliphatic hydroxyl groups excluding tert-OH is 1. The second kappa shape index (κ2) is 21.1. The standard InChI is InChI=1S/C55H52N4O11/c1-5-30-56-49(61)44-46-52(64)70-47(38-23-13-8-14-24-38)45(37-21-11-7-12-22-37)59(46)48(39-25-15-16-27-43(39)69-32-31-60)55(44)41-33-35(18-17-26-40(50(62)67-3)51(63)68-4)28-29-42(41)58(53(55)65)54(66)57-34(2)36-19-9-6-10-20-36/h5-16,19-25,27-29,33-34,40,44-48,60H,1,26,30-32H2,2-4H3,(H,56,61)(H,57,66). The molecule has 0 bridgehead atoms. The number of benzene rings is 5. The van der Waals surface area contributed by atoms with Crippen LogP contribution in [0.15, 0.2) is 146 Å². The number of carbonyl (C=O) groups excluding carboxylic acids is 6. The highest BCUT2D eigenvalue weighted by Gasteiger charge is 2.76. The highest BCUT2D eigenvalue weighted by Crippen LogP contribution is 2.66.